The summed E-state index contributed by atoms with van der Waals surface area (Å²) >= 11 is 0. The van der Waals surface area contributed by atoms with E-state index in [-0.39, 0.29) is 35.6 Å². The van der Waals surface area contributed by atoms with Crippen molar-refractivity contribution in [1.29, 1.82) is 0 Å². The lowest BCUT2D eigenvalue weighted by atomic mass is 9.78. The Hall–Kier alpha value is -1.98. The van der Waals surface area contributed by atoms with Crippen LogP contribution >= 0.6 is 12.4 Å². The summed E-state index contributed by atoms with van der Waals surface area (Å²) in [7, 11) is 0. The number of nitrogens with one attached hydrogen (secondary N) is 2. The lowest BCUT2D eigenvalue weighted by Gasteiger charge is -2.29. The van der Waals surface area contributed by atoms with Crippen LogP contribution in [0.25, 0.3) is 0 Å². The highest BCUT2D eigenvalue weighted by Crippen LogP contribution is 2.42. The molecule has 1 fully saturated rings. The second-order valence-corrected chi connectivity index (χ2v) is 7.25. The number of rotatable bonds is 3. The van der Waals surface area contributed by atoms with Crippen molar-refractivity contribution >= 4 is 24.0 Å². The zero-order valence-electron chi connectivity index (χ0n) is 15.0. The Morgan fingerprint density at radius 3 is 2.63 bits per heavy atom. The van der Waals surface area contributed by atoms with E-state index in [0.29, 0.717) is 36.9 Å². The van der Waals surface area contributed by atoms with Crippen LogP contribution in [0.4, 0.5) is 14.5 Å². The Morgan fingerprint density at radius 2 is 1.89 bits per heavy atom. The van der Waals surface area contributed by atoms with Crippen LogP contribution in [0.15, 0.2) is 36.4 Å². The van der Waals surface area contributed by atoms with Gasteiger partial charge in [0.25, 0.3) is 0 Å². The molecule has 0 unspecified atom stereocenters. The molecular formula is C21H23ClF2N2O. The van der Waals surface area contributed by atoms with E-state index in [0.717, 1.165) is 24.9 Å². The molecule has 1 saturated carbocycles. The smallest absolute Gasteiger partial charge is 0.235 e. The van der Waals surface area contributed by atoms with Gasteiger partial charge in [0.2, 0.25) is 5.91 Å². The van der Waals surface area contributed by atoms with E-state index in [1.165, 1.54) is 12.1 Å². The number of benzene rings is 2. The largest absolute Gasteiger partial charge is 0.323 e. The number of anilines is 1. The molecule has 1 aliphatic carbocycles. The van der Waals surface area contributed by atoms with Gasteiger partial charge >= 0.3 is 0 Å². The SMILES string of the molecule is Cl.O=C(Nc1ccc2c(c1F)CCNC2)C1(c2cccc(F)c2)CCCC1. The number of hydrogen-bond donors (Lipinski definition) is 2. The standard InChI is InChI=1S/C21H22F2N2O.ClH/c22-16-5-3-4-15(12-16)21(9-1-2-10-21)20(26)25-18-7-6-14-13-24-11-8-17(14)19(18)23;/h3-7,12,24H,1-2,8-11,13H2,(H,25,26);1H. The minimum absolute atomic E-state index is 0. The van der Waals surface area contributed by atoms with E-state index in [1.807, 2.05) is 6.07 Å². The highest BCUT2D eigenvalue weighted by molar-refractivity contribution is 5.99. The Labute approximate surface area is 164 Å². The Bertz CT molecular complexity index is 850. The molecule has 1 aliphatic heterocycles. The number of halogens is 3. The van der Waals surface area contributed by atoms with Crippen molar-refractivity contribution in [2.45, 2.75) is 44.1 Å². The van der Waals surface area contributed by atoms with E-state index in [2.05, 4.69) is 10.6 Å². The summed E-state index contributed by atoms with van der Waals surface area (Å²) < 4.78 is 28.6. The molecule has 2 aromatic rings. The van der Waals surface area contributed by atoms with Crippen molar-refractivity contribution in [3.63, 3.8) is 0 Å². The highest BCUT2D eigenvalue weighted by atomic mass is 35.5. The highest BCUT2D eigenvalue weighted by Gasteiger charge is 2.43. The third-order valence-corrected chi connectivity index (χ3v) is 5.72. The summed E-state index contributed by atoms with van der Waals surface area (Å²) in [6.45, 7) is 1.38. The summed E-state index contributed by atoms with van der Waals surface area (Å²) in [5.74, 6) is -0.938. The van der Waals surface area contributed by atoms with Crippen molar-refractivity contribution in [2.75, 3.05) is 11.9 Å². The maximum Gasteiger partial charge on any atom is 0.235 e. The Balaban J connectivity index is 0.00000210. The van der Waals surface area contributed by atoms with Gasteiger partial charge in [-0.1, -0.05) is 31.0 Å². The molecule has 2 aromatic carbocycles. The molecule has 0 bridgehead atoms. The maximum atomic E-state index is 14.9. The molecule has 0 radical (unpaired) electrons. The lowest BCUT2D eigenvalue weighted by Crippen LogP contribution is -2.38. The zero-order valence-corrected chi connectivity index (χ0v) is 15.8. The van der Waals surface area contributed by atoms with Crippen LogP contribution in [0.2, 0.25) is 0 Å². The first-order valence-electron chi connectivity index (χ1n) is 9.19. The molecule has 0 saturated heterocycles. The molecule has 4 rings (SSSR count). The molecule has 0 spiro atoms. The molecule has 2 aliphatic rings. The summed E-state index contributed by atoms with van der Waals surface area (Å²) in [5.41, 5.74) is 1.72. The van der Waals surface area contributed by atoms with Gasteiger partial charge in [-0.3, -0.25) is 4.79 Å². The monoisotopic (exact) mass is 392 g/mol. The van der Waals surface area contributed by atoms with Gasteiger partial charge in [-0.15, -0.1) is 12.4 Å². The number of fused-ring (bicyclic) bond motifs is 1. The molecule has 2 N–H and O–H groups in total. The first-order chi connectivity index (χ1) is 12.6. The van der Waals surface area contributed by atoms with E-state index in [1.54, 1.807) is 18.2 Å². The fourth-order valence-electron chi connectivity index (χ4n) is 4.28. The van der Waals surface area contributed by atoms with Crippen molar-refractivity contribution < 1.29 is 13.6 Å². The number of hydrogen-bond acceptors (Lipinski definition) is 2. The predicted molar refractivity (Wildman–Crippen MR) is 104 cm³/mol. The predicted octanol–water partition coefficient (Wildman–Crippen LogP) is 4.48. The van der Waals surface area contributed by atoms with Crippen molar-refractivity contribution in [3.8, 4) is 0 Å². The minimum Gasteiger partial charge on any atom is -0.323 e. The van der Waals surface area contributed by atoms with Crippen molar-refractivity contribution in [1.82, 2.24) is 5.32 Å². The topological polar surface area (TPSA) is 41.1 Å². The van der Waals surface area contributed by atoms with Crippen LogP contribution in [-0.4, -0.2) is 12.5 Å². The third-order valence-electron chi connectivity index (χ3n) is 5.72. The molecule has 1 heterocycles. The summed E-state index contributed by atoms with van der Waals surface area (Å²) in [6, 6.07) is 9.73. The number of amides is 1. The average molecular weight is 393 g/mol. The first kappa shape index (κ1) is 19.8. The number of carbonyl (C=O) groups is 1. The second-order valence-electron chi connectivity index (χ2n) is 7.25. The van der Waals surface area contributed by atoms with Crippen molar-refractivity contribution in [3.05, 3.63) is 64.7 Å². The lowest BCUT2D eigenvalue weighted by molar-refractivity contribution is -0.121. The normalized spacial score (nSPS) is 17.7. The quantitative estimate of drug-likeness (QED) is 0.808. The van der Waals surface area contributed by atoms with E-state index >= 15 is 0 Å². The van der Waals surface area contributed by atoms with Crippen LogP contribution in [0, 0.1) is 11.6 Å². The Morgan fingerprint density at radius 1 is 1.11 bits per heavy atom. The zero-order chi connectivity index (χ0) is 18.1. The molecule has 6 heteroatoms. The summed E-state index contributed by atoms with van der Waals surface area (Å²) in [4.78, 5) is 13.2. The summed E-state index contributed by atoms with van der Waals surface area (Å²) in [6.07, 6.45) is 3.72. The van der Waals surface area contributed by atoms with Crippen LogP contribution in [-0.2, 0) is 23.2 Å². The number of carbonyl (C=O) groups excluding carboxylic acids is 1. The molecule has 27 heavy (non-hydrogen) atoms. The van der Waals surface area contributed by atoms with Gasteiger partial charge in [0.15, 0.2) is 0 Å². The van der Waals surface area contributed by atoms with Gasteiger partial charge in [0, 0.05) is 6.54 Å². The molecular weight excluding hydrogens is 370 g/mol. The molecule has 3 nitrogen and oxygen atoms in total. The molecule has 1 amide bonds. The molecule has 144 valence electrons. The van der Waals surface area contributed by atoms with Crippen LogP contribution in [0.5, 0.6) is 0 Å². The van der Waals surface area contributed by atoms with Crippen LogP contribution in [0.3, 0.4) is 0 Å². The fourth-order valence-corrected chi connectivity index (χ4v) is 4.28. The minimum atomic E-state index is -0.786. The maximum absolute atomic E-state index is 14.9. The van der Waals surface area contributed by atoms with Gasteiger partial charge < -0.3 is 10.6 Å². The van der Waals surface area contributed by atoms with Gasteiger partial charge in [-0.05, 0) is 60.7 Å². The third kappa shape index (κ3) is 3.58. The van der Waals surface area contributed by atoms with Gasteiger partial charge in [-0.2, -0.15) is 0 Å². The molecule has 0 atom stereocenters. The molecule has 0 aromatic heterocycles. The Kier molecular flexibility index (Phi) is 5.82. The summed E-state index contributed by atoms with van der Waals surface area (Å²) in [5, 5.41) is 6.02. The van der Waals surface area contributed by atoms with Crippen LogP contribution < -0.4 is 10.6 Å². The van der Waals surface area contributed by atoms with E-state index in [9.17, 15) is 13.6 Å². The van der Waals surface area contributed by atoms with Gasteiger partial charge in [0.05, 0.1) is 11.1 Å². The van der Waals surface area contributed by atoms with Crippen LogP contribution in [0.1, 0.15) is 42.4 Å². The van der Waals surface area contributed by atoms with Gasteiger partial charge in [0.1, 0.15) is 11.6 Å². The average Bonchev–Trinajstić information content (AvgIpc) is 3.15. The van der Waals surface area contributed by atoms with Crippen molar-refractivity contribution in [2.24, 2.45) is 0 Å². The second kappa shape index (κ2) is 7.95. The fraction of sp³-hybridized carbons (Fsp3) is 0.381. The first-order valence-corrected chi connectivity index (χ1v) is 9.19. The van der Waals surface area contributed by atoms with E-state index < -0.39 is 5.41 Å². The van der Waals surface area contributed by atoms with Gasteiger partial charge in [-0.25, -0.2) is 8.78 Å². The van der Waals surface area contributed by atoms with E-state index in [4.69, 9.17) is 0 Å².